The van der Waals surface area contributed by atoms with E-state index in [0.717, 1.165) is 0 Å². The Kier molecular flexibility index (Phi) is 3.49. The predicted molar refractivity (Wildman–Crippen MR) is 52.0 cm³/mol. The average Bonchev–Trinajstić information content (AvgIpc) is 2.48. The molecule has 0 spiro atoms. The normalized spacial score (nSPS) is 21.9. The minimum absolute atomic E-state index is 0.0153. The van der Waals surface area contributed by atoms with E-state index in [0.29, 0.717) is 18.9 Å². The number of carbonyl (C=O) groups is 2. The first-order chi connectivity index (χ1) is 6.56. The van der Waals surface area contributed by atoms with Crippen molar-refractivity contribution in [1.82, 2.24) is 4.90 Å². The van der Waals surface area contributed by atoms with E-state index in [-0.39, 0.29) is 24.5 Å². The third kappa shape index (κ3) is 2.25. The summed E-state index contributed by atoms with van der Waals surface area (Å²) in [5.41, 5.74) is 0. The Labute approximate surface area is 84.2 Å². The second-order valence-corrected chi connectivity index (χ2v) is 3.88. The number of amides is 1. The van der Waals surface area contributed by atoms with Crippen LogP contribution in [0.5, 0.6) is 0 Å². The molecular formula is C10H17NO3. The summed E-state index contributed by atoms with van der Waals surface area (Å²) in [5, 5.41) is 0. The Morgan fingerprint density at radius 1 is 1.64 bits per heavy atom. The number of carbonyl (C=O) groups excluding carboxylic acids is 2. The molecule has 1 aliphatic rings. The van der Waals surface area contributed by atoms with Gasteiger partial charge in [-0.25, -0.2) is 4.79 Å². The van der Waals surface area contributed by atoms with E-state index in [9.17, 15) is 9.59 Å². The number of ketones is 1. The van der Waals surface area contributed by atoms with Gasteiger partial charge in [0, 0.05) is 12.5 Å². The zero-order valence-corrected chi connectivity index (χ0v) is 8.95. The summed E-state index contributed by atoms with van der Waals surface area (Å²) in [5.74, 6) is 0.419. The van der Waals surface area contributed by atoms with E-state index >= 15 is 0 Å². The molecule has 0 radical (unpaired) electrons. The summed E-state index contributed by atoms with van der Waals surface area (Å²) in [6.45, 7) is 6.35. The molecule has 1 fully saturated rings. The minimum Gasteiger partial charge on any atom is -0.450 e. The second kappa shape index (κ2) is 4.44. The molecule has 1 unspecified atom stereocenters. The van der Waals surface area contributed by atoms with Crippen LogP contribution in [0.1, 0.15) is 27.2 Å². The van der Waals surface area contributed by atoms with E-state index in [1.165, 1.54) is 4.90 Å². The summed E-state index contributed by atoms with van der Waals surface area (Å²) in [6.07, 6.45) is 0.105. The van der Waals surface area contributed by atoms with Crippen LogP contribution in [0, 0.1) is 5.92 Å². The summed E-state index contributed by atoms with van der Waals surface area (Å²) in [4.78, 5) is 24.2. The number of hydrogen-bond donors (Lipinski definition) is 0. The highest BCUT2D eigenvalue weighted by atomic mass is 16.6. The minimum atomic E-state index is -0.364. The number of ether oxygens (including phenoxy) is 1. The van der Waals surface area contributed by atoms with Crippen molar-refractivity contribution in [1.29, 1.82) is 0 Å². The highest BCUT2D eigenvalue weighted by Crippen LogP contribution is 2.22. The van der Waals surface area contributed by atoms with Gasteiger partial charge in [0.15, 0.2) is 5.78 Å². The van der Waals surface area contributed by atoms with E-state index in [4.69, 9.17) is 4.74 Å². The van der Waals surface area contributed by atoms with Crippen molar-refractivity contribution >= 4 is 11.9 Å². The lowest BCUT2D eigenvalue weighted by molar-refractivity contribution is -0.116. The predicted octanol–water partition coefficient (Wildman–Crippen LogP) is 1.44. The zero-order valence-electron chi connectivity index (χ0n) is 8.95. The lowest BCUT2D eigenvalue weighted by Gasteiger charge is -2.25. The summed E-state index contributed by atoms with van der Waals surface area (Å²) in [6, 6.07) is 0.0153. The fraction of sp³-hybridized carbons (Fsp3) is 0.800. The maximum atomic E-state index is 11.5. The van der Waals surface area contributed by atoms with Crippen molar-refractivity contribution < 1.29 is 14.3 Å². The summed E-state index contributed by atoms with van der Waals surface area (Å²) in [7, 11) is 0. The van der Waals surface area contributed by atoms with Gasteiger partial charge >= 0.3 is 6.09 Å². The molecule has 4 heteroatoms. The largest absolute Gasteiger partial charge is 0.450 e. The number of nitrogens with zero attached hydrogens (tertiary/aromatic N) is 1. The quantitative estimate of drug-likeness (QED) is 0.676. The standard InChI is InChI=1S/C10H17NO3/c1-4-14-10(13)11-6-8(12)5-9(11)7(2)3/h7,9H,4-6H2,1-3H3. The molecule has 1 amide bonds. The van der Waals surface area contributed by atoms with Crippen LogP contribution in [0.4, 0.5) is 4.79 Å². The number of likely N-dealkylation sites (tertiary alicyclic amines) is 1. The van der Waals surface area contributed by atoms with Crippen LogP contribution >= 0.6 is 0 Å². The molecule has 0 aromatic rings. The van der Waals surface area contributed by atoms with Gasteiger partial charge in [0.05, 0.1) is 13.2 Å². The Hall–Kier alpha value is -1.06. The van der Waals surface area contributed by atoms with Gasteiger partial charge in [0.25, 0.3) is 0 Å². The summed E-state index contributed by atoms with van der Waals surface area (Å²) < 4.78 is 4.89. The Bertz CT molecular complexity index is 238. The highest BCUT2D eigenvalue weighted by molar-refractivity contribution is 5.88. The third-order valence-electron chi connectivity index (χ3n) is 2.46. The molecule has 0 N–H and O–H groups in total. The van der Waals surface area contributed by atoms with E-state index in [2.05, 4.69) is 0 Å². The van der Waals surface area contributed by atoms with Crippen molar-refractivity contribution in [2.24, 2.45) is 5.92 Å². The molecule has 1 atom stereocenters. The maximum Gasteiger partial charge on any atom is 0.410 e. The van der Waals surface area contributed by atoms with Crippen LogP contribution in [-0.2, 0) is 9.53 Å². The number of hydrogen-bond acceptors (Lipinski definition) is 3. The van der Waals surface area contributed by atoms with Crippen LogP contribution in [0.2, 0.25) is 0 Å². The molecule has 14 heavy (non-hydrogen) atoms. The van der Waals surface area contributed by atoms with Gasteiger partial charge in [-0.15, -0.1) is 0 Å². The van der Waals surface area contributed by atoms with Crippen LogP contribution < -0.4 is 0 Å². The van der Waals surface area contributed by atoms with Gasteiger partial charge < -0.3 is 4.74 Å². The molecule has 1 saturated heterocycles. The fourth-order valence-electron chi connectivity index (χ4n) is 1.72. The molecule has 4 nitrogen and oxygen atoms in total. The first-order valence-corrected chi connectivity index (χ1v) is 5.01. The molecule has 0 aromatic carbocycles. The van der Waals surface area contributed by atoms with Crippen molar-refractivity contribution in [3.63, 3.8) is 0 Å². The molecule has 0 saturated carbocycles. The van der Waals surface area contributed by atoms with Crippen molar-refractivity contribution in [3.05, 3.63) is 0 Å². The van der Waals surface area contributed by atoms with E-state index in [1.54, 1.807) is 6.92 Å². The van der Waals surface area contributed by atoms with Crippen molar-refractivity contribution in [2.75, 3.05) is 13.2 Å². The smallest absolute Gasteiger partial charge is 0.410 e. The Balaban J connectivity index is 2.66. The van der Waals surface area contributed by atoms with Crippen molar-refractivity contribution in [2.45, 2.75) is 33.2 Å². The lowest BCUT2D eigenvalue weighted by atomic mass is 10.0. The molecule has 0 aromatic heterocycles. The van der Waals surface area contributed by atoms with Gasteiger partial charge in [-0.3, -0.25) is 9.69 Å². The lowest BCUT2D eigenvalue weighted by Crippen LogP contribution is -2.39. The van der Waals surface area contributed by atoms with Gasteiger partial charge in [-0.05, 0) is 12.8 Å². The molecule has 0 bridgehead atoms. The first kappa shape index (κ1) is 11.0. The molecule has 1 rings (SSSR count). The fourth-order valence-corrected chi connectivity index (χ4v) is 1.72. The van der Waals surface area contributed by atoms with E-state index in [1.807, 2.05) is 13.8 Å². The van der Waals surface area contributed by atoms with E-state index < -0.39 is 0 Å². The second-order valence-electron chi connectivity index (χ2n) is 3.88. The maximum absolute atomic E-state index is 11.5. The van der Waals surface area contributed by atoms with Gasteiger partial charge in [-0.1, -0.05) is 13.8 Å². The first-order valence-electron chi connectivity index (χ1n) is 5.01. The van der Waals surface area contributed by atoms with Gasteiger partial charge in [0.1, 0.15) is 0 Å². The van der Waals surface area contributed by atoms with Crippen LogP contribution in [0.15, 0.2) is 0 Å². The topological polar surface area (TPSA) is 46.6 Å². The Morgan fingerprint density at radius 2 is 2.29 bits per heavy atom. The number of Topliss-reactive ketones (excluding diaryl/α,β-unsaturated/α-hetero) is 1. The molecule has 1 aliphatic heterocycles. The highest BCUT2D eigenvalue weighted by Gasteiger charge is 2.36. The van der Waals surface area contributed by atoms with Crippen LogP contribution in [0.25, 0.3) is 0 Å². The molecule has 80 valence electrons. The monoisotopic (exact) mass is 199 g/mol. The Morgan fingerprint density at radius 3 is 2.79 bits per heavy atom. The van der Waals surface area contributed by atoms with Crippen LogP contribution in [-0.4, -0.2) is 36.0 Å². The average molecular weight is 199 g/mol. The van der Waals surface area contributed by atoms with Gasteiger partial charge in [0.2, 0.25) is 0 Å². The van der Waals surface area contributed by atoms with Crippen molar-refractivity contribution in [3.8, 4) is 0 Å². The zero-order chi connectivity index (χ0) is 10.7. The third-order valence-corrected chi connectivity index (χ3v) is 2.46. The molecule has 1 heterocycles. The van der Waals surface area contributed by atoms with Crippen LogP contribution in [0.3, 0.4) is 0 Å². The number of rotatable bonds is 2. The van der Waals surface area contributed by atoms with Gasteiger partial charge in [-0.2, -0.15) is 0 Å². The molecule has 0 aliphatic carbocycles. The SMILES string of the molecule is CCOC(=O)N1CC(=O)CC1C(C)C. The summed E-state index contributed by atoms with van der Waals surface area (Å²) >= 11 is 0. The molecular weight excluding hydrogens is 182 g/mol.